The van der Waals surface area contributed by atoms with Crippen LogP contribution >= 0.6 is 0 Å². The third kappa shape index (κ3) is 2.39. The number of halogens is 1. The summed E-state index contributed by atoms with van der Waals surface area (Å²) in [5, 5.41) is 0. The lowest BCUT2D eigenvalue weighted by Gasteiger charge is -2.13. The van der Waals surface area contributed by atoms with Crippen molar-refractivity contribution in [2.75, 3.05) is 7.11 Å². The number of ether oxygens (including phenoxy) is 1. The number of aromatic nitrogens is 2. The fraction of sp³-hybridized carbons (Fsp3) is 0.167. The highest BCUT2D eigenvalue weighted by molar-refractivity contribution is 5.33. The van der Waals surface area contributed by atoms with Crippen molar-refractivity contribution in [3.63, 3.8) is 0 Å². The van der Waals surface area contributed by atoms with Crippen molar-refractivity contribution >= 4 is 0 Å². The molecule has 2 aromatic heterocycles. The monoisotopic (exact) mass is 233 g/mol. The zero-order valence-electron chi connectivity index (χ0n) is 9.30. The second-order valence-corrected chi connectivity index (χ2v) is 3.53. The molecular weight excluding hydrogens is 221 g/mol. The average Bonchev–Trinajstić information content (AvgIpc) is 2.38. The summed E-state index contributed by atoms with van der Waals surface area (Å²) in [7, 11) is 1.54. The summed E-state index contributed by atoms with van der Waals surface area (Å²) in [6, 6.07) is 2.71. The molecule has 17 heavy (non-hydrogen) atoms. The first kappa shape index (κ1) is 11.5. The van der Waals surface area contributed by atoms with Crippen LogP contribution in [0.1, 0.15) is 17.2 Å². The van der Waals surface area contributed by atoms with Gasteiger partial charge in [-0.05, 0) is 17.7 Å². The van der Waals surface area contributed by atoms with Crippen molar-refractivity contribution in [3.05, 3.63) is 53.9 Å². The summed E-state index contributed by atoms with van der Waals surface area (Å²) < 4.78 is 18.6. The standard InChI is InChI=1S/C12H12FN3O/c1-17-9-4-8(5-16-6-9)12(14)10-2-3-15-7-11(10)13/h2-7,12H,14H2,1H3. The Kier molecular flexibility index (Phi) is 3.30. The minimum atomic E-state index is -0.583. The molecule has 0 saturated heterocycles. The van der Waals surface area contributed by atoms with E-state index in [1.54, 1.807) is 31.6 Å². The van der Waals surface area contributed by atoms with Crippen LogP contribution in [-0.2, 0) is 0 Å². The van der Waals surface area contributed by atoms with E-state index in [1.807, 2.05) is 0 Å². The van der Waals surface area contributed by atoms with Gasteiger partial charge >= 0.3 is 0 Å². The van der Waals surface area contributed by atoms with Crippen LogP contribution < -0.4 is 10.5 Å². The van der Waals surface area contributed by atoms with Gasteiger partial charge < -0.3 is 10.5 Å². The molecule has 0 radical (unpaired) electrons. The van der Waals surface area contributed by atoms with E-state index in [-0.39, 0.29) is 0 Å². The Bertz CT molecular complexity index is 519. The number of nitrogens with zero attached hydrogens (tertiary/aromatic N) is 2. The lowest BCUT2D eigenvalue weighted by Crippen LogP contribution is -2.14. The SMILES string of the molecule is COc1cncc(C(N)c2ccncc2F)c1. The highest BCUT2D eigenvalue weighted by atomic mass is 19.1. The molecule has 1 unspecified atom stereocenters. The minimum absolute atomic E-state index is 0.384. The summed E-state index contributed by atoms with van der Waals surface area (Å²) >= 11 is 0. The molecule has 0 saturated carbocycles. The lowest BCUT2D eigenvalue weighted by atomic mass is 10.0. The van der Waals surface area contributed by atoms with Gasteiger partial charge in [-0.15, -0.1) is 0 Å². The molecule has 2 N–H and O–H groups in total. The van der Waals surface area contributed by atoms with Gasteiger partial charge in [0.05, 0.1) is 25.5 Å². The molecule has 0 aliphatic heterocycles. The fourth-order valence-corrected chi connectivity index (χ4v) is 1.54. The van der Waals surface area contributed by atoms with Gasteiger partial charge in [0.25, 0.3) is 0 Å². The van der Waals surface area contributed by atoms with Crippen LogP contribution in [0.3, 0.4) is 0 Å². The molecule has 0 amide bonds. The zero-order chi connectivity index (χ0) is 12.3. The van der Waals surface area contributed by atoms with E-state index in [2.05, 4.69) is 9.97 Å². The summed E-state index contributed by atoms with van der Waals surface area (Å²) in [6.45, 7) is 0. The Morgan fingerprint density at radius 1 is 1.29 bits per heavy atom. The maximum absolute atomic E-state index is 13.5. The number of methoxy groups -OCH3 is 1. The van der Waals surface area contributed by atoms with Gasteiger partial charge in [-0.2, -0.15) is 0 Å². The third-order valence-corrected chi connectivity index (χ3v) is 2.47. The van der Waals surface area contributed by atoms with Crippen molar-refractivity contribution in [2.24, 2.45) is 5.73 Å². The van der Waals surface area contributed by atoms with Crippen LogP contribution in [0, 0.1) is 5.82 Å². The van der Waals surface area contributed by atoms with Crippen molar-refractivity contribution in [1.29, 1.82) is 0 Å². The van der Waals surface area contributed by atoms with Gasteiger partial charge in [-0.25, -0.2) is 4.39 Å². The Morgan fingerprint density at radius 3 is 2.82 bits per heavy atom. The molecule has 2 heterocycles. The van der Waals surface area contributed by atoms with Crippen LogP contribution in [0.2, 0.25) is 0 Å². The van der Waals surface area contributed by atoms with E-state index in [4.69, 9.17) is 10.5 Å². The predicted molar refractivity (Wildman–Crippen MR) is 61.0 cm³/mol. The molecule has 0 aliphatic rings. The zero-order valence-corrected chi connectivity index (χ0v) is 9.30. The van der Waals surface area contributed by atoms with Crippen molar-refractivity contribution in [2.45, 2.75) is 6.04 Å². The van der Waals surface area contributed by atoms with Crippen LogP contribution in [0.4, 0.5) is 4.39 Å². The van der Waals surface area contributed by atoms with Crippen molar-refractivity contribution in [1.82, 2.24) is 9.97 Å². The predicted octanol–water partition coefficient (Wildman–Crippen LogP) is 1.67. The molecule has 1 atom stereocenters. The molecule has 4 nitrogen and oxygen atoms in total. The first-order valence-electron chi connectivity index (χ1n) is 5.06. The summed E-state index contributed by atoms with van der Waals surface area (Å²) in [5.74, 6) is 0.162. The van der Waals surface area contributed by atoms with Crippen molar-refractivity contribution in [3.8, 4) is 5.75 Å². The molecular formula is C12H12FN3O. The van der Waals surface area contributed by atoms with E-state index in [0.717, 1.165) is 6.20 Å². The van der Waals surface area contributed by atoms with Gasteiger partial charge in [0.2, 0.25) is 0 Å². The van der Waals surface area contributed by atoms with Crippen molar-refractivity contribution < 1.29 is 9.13 Å². The lowest BCUT2D eigenvalue weighted by molar-refractivity contribution is 0.412. The number of nitrogens with two attached hydrogens (primary N) is 1. The van der Waals surface area contributed by atoms with Crippen LogP contribution in [-0.4, -0.2) is 17.1 Å². The third-order valence-electron chi connectivity index (χ3n) is 2.47. The first-order chi connectivity index (χ1) is 8.22. The summed E-state index contributed by atoms with van der Waals surface area (Å²) in [5.41, 5.74) is 7.05. The van der Waals surface area contributed by atoms with E-state index in [1.165, 1.54) is 6.20 Å². The normalized spacial score (nSPS) is 12.2. The number of pyridine rings is 2. The van der Waals surface area contributed by atoms with Gasteiger partial charge in [-0.3, -0.25) is 9.97 Å². The molecule has 0 aliphatic carbocycles. The first-order valence-corrected chi connectivity index (χ1v) is 5.06. The largest absolute Gasteiger partial charge is 0.495 e. The minimum Gasteiger partial charge on any atom is -0.495 e. The second kappa shape index (κ2) is 4.88. The highest BCUT2D eigenvalue weighted by Crippen LogP contribution is 2.23. The molecule has 0 fully saturated rings. The molecule has 88 valence electrons. The molecule has 2 rings (SSSR count). The maximum Gasteiger partial charge on any atom is 0.146 e. The highest BCUT2D eigenvalue weighted by Gasteiger charge is 2.14. The Hall–Kier alpha value is -2.01. The average molecular weight is 233 g/mol. The van der Waals surface area contributed by atoms with E-state index in [0.29, 0.717) is 16.9 Å². The Balaban J connectivity index is 2.37. The Labute approximate surface area is 98.3 Å². The topological polar surface area (TPSA) is 61.0 Å². The van der Waals surface area contributed by atoms with Gasteiger partial charge in [0, 0.05) is 18.0 Å². The molecule has 5 heteroatoms. The maximum atomic E-state index is 13.5. The number of hydrogen-bond acceptors (Lipinski definition) is 4. The van der Waals surface area contributed by atoms with Crippen LogP contribution in [0.25, 0.3) is 0 Å². The van der Waals surface area contributed by atoms with E-state index < -0.39 is 11.9 Å². The number of rotatable bonds is 3. The summed E-state index contributed by atoms with van der Waals surface area (Å²) in [4.78, 5) is 7.67. The quantitative estimate of drug-likeness (QED) is 0.876. The van der Waals surface area contributed by atoms with Gasteiger partial charge in [0.15, 0.2) is 0 Å². The Morgan fingerprint density at radius 2 is 2.12 bits per heavy atom. The van der Waals surface area contributed by atoms with E-state index >= 15 is 0 Å². The fourth-order valence-electron chi connectivity index (χ4n) is 1.54. The van der Waals surface area contributed by atoms with Gasteiger partial charge in [0.1, 0.15) is 11.6 Å². The van der Waals surface area contributed by atoms with Crippen LogP contribution in [0.15, 0.2) is 36.9 Å². The molecule has 0 spiro atoms. The molecule has 0 bridgehead atoms. The molecule has 2 aromatic rings. The molecule has 0 aromatic carbocycles. The second-order valence-electron chi connectivity index (χ2n) is 3.53. The van der Waals surface area contributed by atoms with Crippen LogP contribution in [0.5, 0.6) is 5.75 Å². The van der Waals surface area contributed by atoms with E-state index in [9.17, 15) is 4.39 Å². The summed E-state index contributed by atoms with van der Waals surface area (Å²) in [6.07, 6.45) is 5.81. The smallest absolute Gasteiger partial charge is 0.146 e. The number of hydrogen-bond donors (Lipinski definition) is 1. The van der Waals surface area contributed by atoms with Gasteiger partial charge in [-0.1, -0.05) is 0 Å².